The number of ketones is 1. The number of aliphatic hydroxyl groups excluding tert-OH is 1. The fourth-order valence-electron chi connectivity index (χ4n) is 4.04. The van der Waals surface area contributed by atoms with Gasteiger partial charge in [-0.1, -0.05) is 17.4 Å². The molecule has 1 N–H and O–H groups in total. The predicted molar refractivity (Wildman–Crippen MR) is 133 cm³/mol. The Labute approximate surface area is 205 Å². The number of aromatic nitrogens is 2. The van der Waals surface area contributed by atoms with E-state index in [0.717, 1.165) is 4.70 Å². The molecule has 3 heterocycles. The number of aliphatic hydroxyl groups is 1. The largest absolute Gasteiger partial charge is 0.507 e. The first-order chi connectivity index (χ1) is 17.0. The third-order valence-corrected chi connectivity index (χ3v) is 6.69. The Morgan fingerprint density at radius 2 is 1.89 bits per heavy atom. The molecule has 2 aromatic heterocycles. The molecular weight excluding hydrogens is 466 g/mol. The number of methoxy groups -OCH3 is 1. The van der Waals surface area contributed by atoms with Crippen molar-refractivity contribution in [2.75, 3.05) is 18.6 Å². The van der Waals surface area contributed by atoms with Crippen LogP contribution in [-0.2, 0) is 9.59 Å². The zero-order chi connectivity index (χ0) is 24.5. The number of hydrogen-bond acceptors (Lipinski definition) is 8. The van der Waals surface area contributed by atoms with Gasteiger partial charge in [0.15, 0.2) is 5.13 Å². The van der Waals surface area contributed by atoms with E-state index < -0.39 is 17.7 Å². The number of anilines is 1. The van der Waals surface area contributed by atoms with Gasteiger partial charge >= 0.3 is 5.91 Å². The Hall–Kier alpha value is -4.24. The number of carbonyl (C=O) groups is 2. The average molecular weight is 488 g/mol. The van der Waals surface area contributed by atoms with E-state index in [4.69, 9.17) is 9.47 Å². The molecule has 1 saturated heterocycles. The van der Waals surface area contributed by atoms with E-state index in [2.05, 4.69) is 9.97 Å². The van der Waals surface area contributed by atoms with Gasteiger partial charge in [-0.15, -0.1) is 0 Å². The summed E-state index contributed by atoms with van der Waals surface area (Å²) in [6, 6.07) is 14.7. The van der Waals surface area contributed by atoms with Crippen molar-refractivity contribution in [1.29, 1.82) is 0 Å². The summed E-state index contributed by atoms with van der Waals surface area (Å²) in [5, 5.41) is 11.5. The fraction of sp³-hybridized carbons (Fsp3) is 0.154. The summed E-state index contributed by atoms with van der Waals surface area (Å²) in [4.78, 5) is 36.7. The lowest BCUT2D eigenvalue weighted by atomic mass is 9.96. The minimum atomic E-state index is -0.891. The van der Waals surface area contributed by atoms with Crippen molar-refractivity contribution in [1.82, 2.24) is 9.97 Å². The quantitative estimate of drug-likeness (QED) is 0.238. The maximum absolute atomic E-state index is 13.3. The molecule has 0 unspecified atom stereocenters. The molecular formula is C26H21N3O5S. The molecule has 0 spiro atoms. The van der Waals surface area contributed by atoms with Crippen molar-refractivity contribution in [3.63, 3.8) is 0 Å². The average Bonchev–Trinajstić information content (AvgIpc) is 3.42. The van der Waals surface area contributed by atoms with Crippen molar-refractivity contribution in [3.8, 4) is 11.5 Å². The fourth-order valence-corrected chi connectivity index (χ4v) is 5.06. The second-order valence-corrected chi connectivity index (χ2v) is 8.75. The Bertz CT molecular complexity index is 1450. The molecule has 0 aliphatic carbocycles. The third kappa shape index (κ3) is 4.00. The van der Waals surface area contributed by atoms with Crippen LogP contribution in [0.4, 0.5) is 5.13 Å². The lowest BCUT2D eigenvalue weighted by Gasteiger charge is -2.22. The van der Waals surface area contributed by atoms with Crippen LogP contribution in [0.5, 0.6) is 11.5 Å². The number of nitrogens with zero attached hydrogens (tertiary/aromatic N) is 3. The summed E-state index contributed by atoms with van der Waals surface area (Å²) in [5.74, 6) is -0.534. The van der Waals surface area contributed by atoms with E-state index in [0.29, 0.717) is 39.9 Å². The molecule has 176 valence electrons. The highest BCUT2D eigenvalue weighted by molar-refractivity contribution is 7.22. The number of thiazole rings is 1. The van der Waals surface area contributed by atoms with Crippen molar-refractivity contribution < 1.29 is 24.2 Å². The minimum absolute atomic E-state index is 0.0255. The lowest BCUT2D eigenvalue weighted by molar-refractivity contribution is -0.132. The zero-order valence-electron chi connectivity index (χ0n) is 19.0. The molecule has 1 amide bonds. The van der Waals surface area contributed by atoms with Gasteiger partial charge in [0.05, 0.1) is 35.5 Å². The van der Waals surface area contributed by atoms with Crippen LogP contribution in [0.15, 0.2) is 72.6 Å². The molecule has 1 aliphatic heterocycles. The summed E-state index contributed by atoms with van der Waals surface area (Å²) in [6.45, 7) is 2.43. The van der Waals surface area contributed by atoms with Crippen LogP contribution in [-0.4, -0.2) is 40.5 Å². The Morgan fingerprint density at radius 3 is 2.57 bits per heavy atom. The van der Waals surface area contributed by atoms with Gasteiger partial charge < -0.3 is 14.6 Å². The van der Waals surface area contributed by atoms with Crippen molar-refractivity contribution >= 4 is 44.1 Å². The molecule has 8 nitrogen and oxygen atoms in total. The number of benzene rings is 2. The van der Waals surface area contributed by atoms with Crippen LogP contribution in [0.1, 0.15) is 24.1 Å². The molecule has 4 aromatic rings. The first-order valence-electron chi connectivity index (χ1n) is 10.9. The van der Waals surface area contributed by atoms with Crippen LogP contribution in [0.2, 0.25) is 0 Å². The third-order valence-electron chi connectivity index (χ3n) is 5.67. The number of amides is 1. The SMILES string of the molecule is CCOc1ccc2nc(N3C(=O)C(=O)C(=C(O)c4ccc(OC)cc4)[C@@H]3c3cccnc3)sc2c1. The first kappa shape index (κ1) is 22.5. The summed E-state index contributed by atoms with van der Waals surface area (Å²) >= 11 is 1.27. The highest BCUT2D eigenvalue weighted by Gasteiger charge is 2.48. The van der Waals surface area contributed by atoms with Crippen LogP contribution in [0, 0.1) is 0 Å². The normalized spacial score (nSPS) is 17.2. The number of fused-ring (bicyclic) bond motifs is 1. The molecule has 1 atom stereocenters. The highest BCUT2D eigenvalue weighted by Crippen LogP contribution is 2.44. The van der Waals surface area contributed by atoms with E-state index in [1.807, 2.05) is 25.1 Å². The molecule has 1 aliphatic rings. The van der Waals surface area contributed by atoms with Crippen LogP contribution in [0.3, 0.4) is 0 Å². The summed E-state index contributed by atoms with van der Waals surface area (Å²) in [7, 11) is 1.54. The van der Waals surface area contributed by atoms with Crippen molar-refractivity contribution in [3.05, 3.63) is 83.7 Å². The second-order valence-electron chi connectivity index (χ2n) is 7.74. The highest BCUT2D eigenvalue weighted by atomic mass is 32.1. The van der Waals surface area contributed by atoms with Crippen LogP contribution in [0.25, 0.3) is 16.0 Å². The van der Waals surface area contributed by atoms with E-state index in [-0.39, 0.29) is 11.3 Å². The number of carbonyl (C=O) groups excluding carboxylic acids is 2. The van der Waals surface area contributed by atoms with Gasteiger partial charge in [-0.25, -0.2) is 4.98 Å². The molecule has 9 heteroatoms. The number of hydrogen-bond donors (Lipinski definition) is 1. The number of ether oxygens (including phenoxy) is 2. The van der Waals surface area contributed by atoms with Gasteiger partial charge in [-0.05, 0) is 61.0 Å². The minimum Gasteiger partial charge on any atom is -0.507 e. The Kier molecular flexibility index (Phi) is 5.92. The van der Waals surface area contributed by atoms with Gasteiger partial charge in [0, 0.05) is 18.0 Å². The Morgan fingerprint density at radius 1 is 1.11 bits per heavy atom. The monoisotopic (exact) mass is 487 g/mol. The number of Topliss-reactive ketones (excluding diaryl/α,β-unsaturated/α-hetero) is 1. The predicted octanol–water partition coefficient (Wildman–Crippen LogP) is 4.72. The van der Waals surface area contributed by atoms with Crippen molar-refractivity contribution in [2.24, 2.45) is 0 Å². The number of rotatable bonds is 6. The molecule has 0 saturated carbocycles. The summed E-state index contributed by atoms with van der Waals surface area (Å²) < 4.78 is 11.6. The zero-order valence-corrected chi connectivity index (χ0v) is 19.8. The van der Waals surface area contributed by atoms with Gasteiger partial charge in [0.1, 0.15) is 17.3 Å². The molecule has 0 radical (unpaired) electrons. The molecule has 35 heavy (non-hydrogen) atoms. The summed E-state index contributed by atoms with van der Waals surface area (Å²) in [6.07, 6.45) is 3.18. The standard InChI is InChI=1S/C26H21N3O5S/c1-3-34-18-10-11-19-20(13-18)35-26(28-19)29-22(16-5-4-12-27-14-16)21(24(31)25(29)32)23(30)15-6-8-17(33-2)9-7-15/h4-14,22,30H,3H2,1-2H3/t22-/m0/s1. The van der Waals surface area contributed by atoms with E-state index >= 15 is 0 Å². The van der Waals surface area contributed by atoms with Gasteiger partial charge in [-0.2, -0.15) is 0 Å². The van der Waals surface area contributed by atoms with Gasteiger partial charge in [-0.3, -0.25) is 19.5 Å². The van der Waals surface area contributed by atoms with E-state index in [1.165, 1.54) is 23.3 Å². The van der Waals surface area contributed by atoms with Gasteiger partial charge in [0.25, 0.3) is 5.78 Å². The van der Waals surface area contributed by atoms with E-state index in [1.54, 1.807) is 48.8 Å². The van der Waals surface area contributed by atoms with Crippen LogP contribution >= 0.6 is 11.3 Å². The summed E-state index contributed by atoms with van der Waals surface area (Å²) in [5.41, 5.74) is 1.62. The smallest absolute Gasteiger partial charge is 0.301 e. The van der Waals surface area contributed by atoms with E-state index in [9.17, 15) is 14.7 Å². The maximum atomic E-state index is 13.3. The van der Waals surface area contributed by atoms with Crippen molar-refractivity contribution in [2.45, 2.75) is 13.0 Å². The topological polar surface area (TPSA) is 102 Å². The Balaban J connectivity index is 1.66. The van der Waals surface area contributed by atoms with Gasteiger partial charge in [0.2, 0.25) is 0 Å². The molecule has 0 bridgehead atoms. The molecule has 2 aromatic carbocycles. The molecule has 5 rings (SSSR count). The second kappa shape index (κ2) is 9.19. The first-order valence-corrected chi connectivity index (χ1v) is 11.7. The molecule has 1 fully saturated rings. The number of pyridine rings is 1. The maximum Gasteiger partial charge on any atom is 0.301 e. The van der Waals surface area contributed by atoms with Crippen LogP contribution < -0.4 is 14.4 Å². The lowest BCUT2D eigenvalue weighted by Crippen LogP contribution is -2.29.